The Balaban J connectivity index is 2.05. The van der Waals surface area contributed by atoms with E-state index < -0.39 is 0 Å². The van der Waals surface area contributed by atoms with Gasteiger partial charge < -0.3 is 20.6 Å². The minimum absolute atomic E-state index is 0.110. The highest BCUT2D eigenvalue weighted by Gasteiger charge is 2.19. The Bertz CT molecular complexity index is 264. The molecule has 1 rings (SSSR count). The van der Waals surface area contributed by atoms with Crippen molar-refractivity contribution >= 4 is 6.03 Å². The van der Waals surface area contributed by atoms with E-state index in [2.05, 4.69) is 29.4 Å². The van der Waals surface area contributed by atoms with Crippen LogP contribution in [0.5, 0.6) is 0 Å². The van der Waals surface area contributed by atoms with Crippen LogP contribution in [0.3, 0.4) is 0 Å². The van der Waals surface area contributed by atoms with Crippen molar-refractivity contribution in [2.45, 2.75) is 39.5 Å². The molecule has 0 bridgehead atoms. The van der Waals surface area contributed by atoms with Crippen molar-refractivity contribution in [1.82, 2.24) is 15.5 Å². The molecule has 0 aromatic heterocycles. The molecule has 1 aliphatic rings. The van der Waals surface area contributed by atoms with Gasteiger partial charge in [-0.3, -0.25) is 0 Å². The van der Waals surface area contributed by atoms with Gasteiger partial charge in [-0.15, -0.1) is 0 Å². The molecule has 0 radical (unpaired) electrons. The Kier molecular flexibility index (Phi) is 8.62. The number of nitrogens with zero attached hydrogens (tertiary/aromatic N) is 1. The van der Waals surface area contributed by atoms with Crippen LogP contribution in [0.25, 0.3) is 0 Å². The first-order chi connectivity index (χ1) is 9.61. The molecule has 1 saturated heterocycles. The van der Waals surface area contributed by atoms with Crippen molar-refractivity contribution in [3.63, 3.8) is 0 Å². The van der Waals surface area contributed by atoms with Crippen molar-refractivity contribution in [1.29, 1.82) is 0 Å². The highest BCUT2D eigenvalue weighted by atomic mass is 16.3. The summed E-state index contributed by atoms with van der Waals surface area (Å²) in [5.41, 5.74) is 0. The van der Waals surface area contributed by atoms with Crippen molar-refractivity contribution < 1.29 is 9.90 Å². The monoisotopic (exact) mass is 285 g/mol. The fraction of sp³-hybridized carbons (Fsp3) is 0.933. The number of hydrogen-bond acceptors (Lipinski definition) is 3. The Morgan fingerprint density at radius 3 is 2.60 bits per heavy atom. The molecule has 5 nitrogen and oxygen atoms in total. The number of urea groups is 1. The lowest BCUT2D eigenvalue weighted by Crippen LogP contribution is -2.42. The summed E-state index contributed by atoms with van der Waals surface area (Å²) in [6.07, 6.45) is 4.24. The van der Waals surface area contributed by atoms with Gasteiger partial charge in [0.2, 0.25) is 0 Å². The minimum Gasteiger partial charge on any atom is -0.396 e. The maximum atomic E-state index is 11.5. The molecule has 0 atom stereocenters. The number of hydrogen-bond donors (Lipinski definition) is 3. The molecule has 0 saturated carbocycles. The van der Waals surface area contributed by atoms with E-state index in [1.54, 1.807) is 0 Å². The molecule has 20 heavy (non-hydrogen) atoms. The van der Waals surface area contributed by atoms with Gasteiger partial charge in [0.05, 0.1) is 0 Å². The van der Waals surface area contributed by atoms with Gasteiger partial charge in [0.1, 0.15) is 0 Å². The number of nitrogens with one attached hydrogen (secondary N) is 2. The topological polar surface area (TPSA) is 64.6 Å². The fourth-order valence-electron chi connectivity index (χ4n) is 2.44. The summed E-state index contributed by atoms with van der Waals surface area (Å²) in [6.45, 7) is 9.49. The predicted octanol–water partition coefficient (Wildman–Crippen LogP) is 1.43. The molecule has 1 fully saturated rings. The van der Waals surface area contributed by atoms with Crippen LogP contribution in [0.1, 0.15) is 39.5 Å². The van der Waals surface area contributed by atoms with Crippen LogP contribution < -0.4 is 10.6 Å². The summed E-state index contributed by atoms with van der Waals surface area (Å²) in [5, 5.41) is 14.3. The summed E-state index contributed by atoms with van der Waals surface area (Å²) in [5.74, 6) is 1.38. The van der Waals surface area contributed by atoms with Gasteiger partial charge in [-0.05, 0) is 57.2 Å². The standard InChI is InChI=1S/C15H31N3O2/c1-13(2)4-8-18-9-5-14(6-10-18)12-17-15(20)16-7-3-11-19/h13-14,19H,3-12H2,1-2H3,(H2,16,17,20). The number of aliphatic hydroxyl groups excluding tert-OH is 1. The molecule has 0 spiro atoms. The lowest BCUT2D eigenvalue weighted by Gasteiger charge is -2.32. The van der Waals surface area contributed by atoms with E-state index in [4.69, 9.17) is 5.11 Å². The molecular weight excluding hydrogens is 254 g/mol. The second-order valence-electron chi connectivity index (χ2n) is 6.18. The second kappa shape index (κ2) is 10.00. The Hall–Kier alpha value is -0.810. The van der Waals surface area contributed by atoms with Crippen molar-refractivity contribution in [3.8, 4) is 0 Å². The number of likely N-dealkylation sites (tertiary alicyclic amines) is 1. The molecule has 3 N–H and O–H groups in total. The SMILES string of the molecule is CC(C)CCN1CCC(CNC(=O)NCCCO)CC1. The molecule has 2 amide bonds. The summed E-state index contributed by atoms with van der Waals surface area (Å²) in [6, 6.07) is -0.110. The average molecular weight is 285 g/mol. The molecule has 0 unspecified atom stereocenters. The number of rotatable bonds is 8. The fourth-order valence-corrected chi connectivity index (χ4v) is 2.44. The molecule has 5 heteroatoms. The minimum atomic E-state index is -0.110. The largest absolute Gasteiger partial charge is 0.396 e. The zero-order valence-electron chi connectivity index (χ0n) is 13.0. The van der Waals surface area contributed by atoms with Gasteiger partial charge in [-0.25, -0.2) is 4.79 Å². The smallest absolute Gasteiger partial charge is 0.314 e. The maximum absolute atomic E-state index is 11.5. The van der Waals surface area contributed by atoms with E-state index in [9.17, 15) is 4.79 Å². The Labute approximate surface area is 123 Å². The van der Waals surface area contributed by atoms with Crippen LogP contribution in [0, 0.1) is 11.8 Å². The quantitative estimate of drug-likeness (QED) is 0.591. The van der Waals surface area contributed by atoms with Crippen LogP contribution in [0.4, 0.5) is 4.79 Å². The Morgan fingerprint density at radius 2 is 2.00 bits per heavy atom. The highest BCUT2D eigenvalue weighted by Crippen LogP contribution is 2.17. The first-order valence-electron chi connectivity index (χ1n) is 7.96. The molecule has 1 aliphatic heterocycles. The summed E-state index contributed by atoms with van der Waals surface area (Å²) in [4.78, 5) is 14.0. The van der Waals surface area contributed by atoms with E-state index in [0.717, 1.165) is 25.6 Å². The summed E-state index contributed by atoms with van der Waals surface area (Å²) < 4.78 is 0. The number of amides is 2. The van der Waals surface area contributed by atoms with Gasteiger partial charge in [0.15, 0.2) is 0 Å². The number of carbonyl (C=O) groups is 1. The summed E-state index contributed by atoms with van der Waals surface area (Å²) >= 11 is 0. The zero-order valence-corrected chi connectivity index (χ0v) is 13.0. The second-order valence-corrected chi connectivity index (χ2v) is 6.18. The van der Waals surface area contributed by atoms with Crippen LogP contribution in [-0.4, -0.2) is 55.4 Å². The highest BCUT2D eigenvalue weighted by molar-refractivity contribution is 5.73. The third kappa shape index (κ3) is 7.70. The number of carbonyl (C=O) groups excluding carboxylic acids is 1. The molecular formula is C15H31N3O2. The van der Waals surface area contributed by atoms with Crippen LogP contribution in [0.2, 0.25) is 0 Å². The van der Waals surface area contributed by atoms with Gasteiger partial charge in [0.25, 0.3) is 0 Å². The van der Waals surface area contributed by atoms with Gasteiger partial charge in [-0.2, -0.15) is 0 Å². The molecule has 1 heterocycles. The van der Waals surface area contributed by atoms with E-state index in [1.165, 1.54) is 25.8 Å². The molecule has 118 valence electrons. The first-order valence-corrected chi connectivity index (χ1v) is 7.96. The van der Waals surface area contributed by atoms with Crippen LogP contribution in [-0.2, 0) is 0 Å². The van der Waals surface area contributed by atoms with E-state index in [-0.39, 0.29) is 12.6 Å². The van der Waals surface area contributed by atoms with Gasteiger partial charge >= 0.3 is 6.03 Å². The van der Waals surface area contributed by atoms with E-state index >= 15 is 0 Å². The zero-order chi connectivity index (χ0) is 14.8. The number of piperidine rings is 1. The normalized spacial score (nSPS) is 17.4. The lowest BCUT2D eigenvalue weighted by atomic mass is 9.96. The predicted molar refractivity (Wildman–Crippen MR) is 81.7 cm³/mol. The van der Waals surface area contributed by atoms with Gasteiger partial charge in [0, 0.05) is 19.7 Å². The van der Waals surface area contributed by atoms with Crippen LogP contribution >= 0.6 is 0 Å². The van der Waals surface area contributed by atoms with Crippen LogP contribution in [0.15, 0.2) is 0 Å². The lowest BCUT2D eigenvalue weighted by molar-refractivity contribution is 0.174. The van der Waals surface area contributed by atoms with Crippen molar-refractivity contribution in [3.05, 3.63) is 0 Å². The maximum Gasteiger partial charge on any atom is 0.314 e. The van der Waals surface area contributed by atoms with Crippen molar-refractivity contribution in [2.24, 2.45) is 11.8 Å². The number of aliphatic hydroxyl groups is 1. The van der Waals surface area contributed by atoms with E-state index in [1.807, 2.05) is 0 Å². The first kappa shape index (κ1) is 17.2. The third-order valence-electron chi connectivity index (χ3n) is 3.90. The molecule has 0 aromatic rings. The van der Waals surface area contributed by atoms with Gasteiger partial charge in [-0.1, -0.05) is 13.8 Å². The van der Waals surface area contributed by atoms with E-state index in [0.29, 0.717) is 18.9 Å². The molecule has 0 aliphatic carbocycles. The summed E-state index contributed by atoms with van der Waals surface area (Å²) in [7, 11) is 0. The molecule has 0 aromatic carbocycles. The van der Waals surface area contributed by atoms with Crippen molar-refractivity contribution in [2.75, 3.05) is 39.3 Å². The Morgan fingerprint density at radius 1 is 1.30 bits per heavy atom. The third-order valence-corrected chi connectivity index (χ3v) is 3.90. The average Bonchev–Trinajstić information content (AvgIpc) is 2.44.